The molecule has 1 aromatic rings. The lowest BCUT2D eigenvalue weighted by molar-refractivity contribution is -0.160. The molecule has 1 aliphatic carbocycles. The molecule has 4 heterocycles. The number of phenols is 1. The average molecular weight is 821 g/mol. The van der Waals surface area contributed by atoms with Gasteiger partial charge < -0.3 is 44.5 Å². The average Bonchev–Trinajstić information content (AvgIpc) is 3.46. The van der Waals surface area contributed by atoms with Crippen molar-refractivity contribution in [1.82, 2.24) is 15.2 Å². The molecule has 6 rings (SSSR count). The summed E-state index contributed by atoms with van der Waals surface area (Å²) in [6, 6.07) is 0. The van der Waals surface area contributed by atoms with Crippen molar-refractivity contribution in [2.24, 2.45) is 28.8 Å². The summed E-state index contributed by atoms with van der Waals surface area (Å²) < 4.78 is 23.5. The van der Waals surface area contributed by atoms with E-state index < -0.39 is 106 Å². The van der Waals surface area contributed by atoms with Crippen LogP contribution in [0.25, 0.3) is 0 Å². The zero-order chi connectivity index (χ0) is 43.7. The van der Waals surface area contributed by atoms with Crippen molar-refractivity contribution in [2.45, 2.75) is 85.6 Å². The second-order valence-corrected chi connectivity index (χ2v) is 16.1. The van der Waals surface area contributed by atoms with Crippen molar-refractivity contribution >= 4 is 35.4 Å². The number of hydrogen-bond acceptors (Lipinski definition) is 15. The Morgan fingerprint density at radius 2 is 1.61 bits per heavy atom. The van der Waals surface area contributed by atoms with Crippen molar-refractivity contribution in [3.05, 3.63) is 69.7 Å². The van der Waals surface area contributed by atoms with Crippen molar-refractivity contribution < 1.29 is 58.2 Å². The van der Waals surface area contributed by atoms with Crippen molar-refractivity contribution in [3.63, 3.8) is 0 Å². The first kappa shape index (κ1) is 44.9. The van der Waals surface area contributed by atoms with Gasteiger partial charge in [0.2, 0.25) is 5.78 Å². The number of aliphatic hydroxyl groups excluding tert-OH is 2. The third-order valence-electron chi connectivity index (χ3n) is 11.8. The number of phenolic OH excluding ortho intramolecular Hbond substituents is 1. The van der Waals surface area contributed by atoms with E-state index >= 15 is 0 Å². The molecule has 59 heavy (non-hydrogen) atoms. The Kier molecular flexibility index (Phi) is 13.7. The Bertz CT molecular complexity index is 2030. The number of aliphatic hydroxyl groups is 2. The largest absolute Gasteiger partial charge is 0.507 e. The topological polar surface area (TPSA) is 214 Å². The zero-order valence-electron chi connectivity index (χ0n) is 35.3. The lowest BCUT2D eigenvalue weighted by Crippen LogP contribution is -2.46. The number of hydrogen-bond donors (Lipinski definition) is 4. The molecule has 1 saturated heterocycles. The van der Waals surface area contributed by atoms with Crippen LogP contribution in [0.3, 0.4) is 0 Å². The highest BCUT2D eigenvalue weighted by atomic mass is 16.7. The van der Waals surface area contributed by atoms with E-state index in [1.165, 1.54) is 59.4 Å². The van der Waals surface area contributed by atoms with Crippen LogP contribution in [0.2, 0.25) is 0 Å². The van der Waals surface area contributed by atoms with E-state index in [1.807, 2.05) is 7.05 Å². The number of piperazine rings is 1. The van der Waals surface area contributed by atoms with Crippen LogP contribution in [0.5, 0.6) is 11.5 Å². The summed E-state index contributed by atoms with van der Waals surface area (Å²) >= 11 is 0. The molecule has 1 aromatic carbocycles. The number of esters is 1. The molecule has 0 unspecified atom stereocenters. The van der Waals surface area contributed by atoms with Gasteiger partial charge in [-0.2, -0.15) is 5.10 Å². The molecule has 320 valence electrons. The van der Waals surface area contributed by atoms with Gasteiger partial charge in [0.05, 0.1) is 53.1 Å². The van der Waals surface area contributed by atoms with Gasteiger partial charge in [-0.3, -0.25) is 29.0 Å². The maximum atomic E-state index is 14.6. The monoisotopic (exact) mass is 820 g/mol. The Morgan fingerprint density at radius 1 is 0.949 bits per heavy atom. The van der Waals surface area contributed by atoms with E-state index in [2.05, 4.69) is 15.3 Å². The van der Waals surface area contributed by atoms with Crippen LogP contribution < -0.4 is 10.1 Å². The number of carbonyl (C=O) groups is 5. The van der Waals surface area contributed by atoms with Crippen LogP contribution in [0.4, 0.5) is 0 Å². The summed E-state index contributed by atoms with van der Waals surface area (Å²) in [5.74, 6) is -9.34. The van der Waals surface area contributed by atoms with Gasteiger partial charge in [-0.15, -0.1) is 0 Å². The molecule has 0 spiro atoms. The van der Waals surface area contributed by atoms with Gasteiger partial charge in [0.1, 0.15) is 23.3 Å². The van der Waals surface area contributed by atoms with Gasteiger partial charge in [-0.05, 0) is 27.0 Å². The molecule has 0 aromatic heterocycles. The molecule has 5 aliphatic rings. The van der Waals surface area contributed by atoms with Crippen molar-refractivity contribution in [2.75, 3.05) is 40.3 Å². The lowest BCUT2D eigenvalue weighted by atomic mass is 9.78. The molecule has 0 radical (unpaired) electrons. The fourth-order valence-electron chi connectivity index (χ4n) is 7.89. The predicted molar refractivity (Wildman–Crippen MR) is 216 cm³/mol. The molecule has 9 atom stereocenters. The third kappa shape index (κ3) is 8.91. The Morgan fingerprint density at radius 3 is 2.24 bits per heavy atom. The molecule has 4 N–H and O–H groups in total. The summed E-state index contributed by atoms with van der Waals surface area (Å²) in [4.78, 5) is 71.6. The number of amides is 1. The predicted octanol–water partition coefficient (Wildman–Crippen LogP) is 3.23. The Labute approximate surface area is 344 Å². The number of methoxy groups -OCH3 is 1. The van der Waals surface area contributed by atoms with Crippen molar-refractivity contribution in [1.29, 1.82) is 0 Å². The molecule has 16 nitrogen and oxygen atoms in total. The highest BCUT2D eigenvalue weighted by Crippen LogP contribution is 2.48. The molecule has 0 saturated carbocycles. The molecule has 1 fully saturated rings. The number of likely N-dealkylation sites (N-methyl/N-ethyl adjacent to an activating group) is 1. The minimum Gasteiger partial charge on any atom is -0.507 e. The van der Waals surface area contributed by atoms with Gasteiger partial charge in [-0.1, -0.05) is 45.9 Å². The lowest BCUT2D eigenvalue weighted by Gasteiger charge is -2.38. The number of nitrogens with one attached hydrogen (secondary N) is 1. The maximum Gasteiger partial charge on any atom is 0.312 e. The highest BCUT2D eigenvalue weighted by Gasteiger charge is 2.52. The fraction of sp³-hybridized carbons (Fsp3) is 0.535. The van der Waals surface area contributed by atoms with E-state index in [1.54, 1.807) is 44.9 Å². The molecule has 4 aliphatic heterocycles. The van der Waals surface area contributed by atoms with Gasteiger partial charge in [-0.25, -0.2) is 0 Å². The summed E-state index contributed by atoms with van der Waals surface area (Å²) in [5, 5.41) is 43.1. The van der Waals surface area contributed by atoms with Gasteiger partial charge in [0.25, 0.3) is 11.7 Å². The summed E-state index contributed by atoms with van der Waals surface area (Å²) in [6.07, 6.45) is 4.56. The second-order valence-electron chi connectivity index (χ2n) is 16.1. The van der Waals surface area contributed by atoms with Gasteiger partial charge in [0.15, 0.2) is 5.78 Å². The number of carbonyl (C=O) groups excluding carboxylic acids is 5. The first-order valence-corrected chi connectivity index (χ1v) is 19.7. The van der Waals surface area contributed by atoms with Crippen molar-refractivity contribution in [3.8, 4) is 11.5 Å². The summed E-state index contributed by atoms with van der Waals surface area (Å²) in [7, 11) is 3.39. The number of allylic oxidation sites excluding steroid dienone is 4. The standard InChI is InChI=1S/C43H56N4O12/c1-21-12-11-13-22(2)42(55)45-33-28(20-44-47-17-15-46(9)16-18-47)37(52)30-31(38(33)53)36(51)26(6)40-32(30)41(54)43(8,59-40)57-19-14-29(56-10)23(3)39(58-27(7)48)25(5)35(50)24(4)34(21)49/h11-14,19-21,23-25,29,34-35,39,49-51H,15-18H2,1-10H3,(H,45,55)/b12-11+,19-14+,22-13-,44-20+/t21-,23-,24+,25-,29-,34-,35+,39+,43-/m0/s1. The molecular weight excluding hydrogens is 764 g/mol. The maximum absolute atomic E-state index is 14.6. The number of aromatic hydroxyl groups is 1. The Balaban J connectivity index is 1.66. The summed E-state index contributed by atoms with van der Waals surface area (Å²) in [6.45, 7) is 14.8. The second kappa shape index (κ2) is 18.0. The number of Topliss-reactive ketones (excluding diaryl/α,β-unsaturated/α-hetero) is 3. The van der Waals surface area contributed by atoms with E-state index in [0.717, 1.165) is 0 Å². The number of nitrogens with zero attached hydrogens (tertiary/aromatic N) is 3. The zero-order valence-corrected chi connectivity index (χ0v) is 35.3. The number of ether oxygens (including phenoxy) is 4. The molecule has 16 heteroatoms. The van der Waals surface area contributed by atoms with E-state index in [-0.39, 0.29) is 28.0 Å². The molecule has 5 bridgehead atoms. The van der Waals surface area contributed by atoms with Gasteiger partial charge in [0, 0.05) is 81.9 Å². The third-order valence-corrected chi connectivity index (χ3v) is 11.8. The number of ketones is 3. The highest BCUT2D eigenvalue weighted by molar-refractivity contribution is 6.37. The van der Waals surface area contributed by atoms with E-state index in [4.69, 9.17) is 18.9 Å². The van der Waals surface area contributed by atoms with Gasteiger partial charge >= 0.3 is 11.8 Å². The fourth-order valence-corrected chi connectivity index (χ4v) is 7.89. The van der Waals surface area contributed by atoms with Crippen LogP contribution in [0.1, 0.15) is 85.1 Å². The SMILES string of the molecule is CO[C@H]1/C=C/O[C@@]2(C)Oc3c(C)c(O)c4c(c3C2=O)C(=O)C(/C=N/N2CCN(C)CC2)=C(NC(=O)/C(C)=C\C=C\[C@H](C)[C@H](O)[C@@H](C)[C@@H](O)[C@H](C)[C@H](OC(C)=O)[C@H]1C)C4=O. The normalized spacial score (nSPS) is 33.3. The van der Waals surface area contributed by atoms with Crippen LogP contribution in [0.15, 0.2) is 52.5 Å². The Hall–Kier alpha value is -5.16. The number of rotatable bonds is 4. The smallest absolute Gasteiger partial charge is 0.312 e. The first-order valence-electron chi connectivity index (χ1n) is 19.7. The first-order chi connectivity index (χ1) is 27.7. The molecular formula is C43H56N4O12. The molecule has 1 amide bonds. The van der Waals surface area contributed by atoms with Crippen LogP contribution >= 0.6 is 0 Å². The summed E-state index contributed by atoms with van der Waals surface area (Å²) in [5.41, 5.74) is -1.82. The minimum absolute atomic E-state index is 0.0118. The van der Waals surface area contributed by atoms with Crippen LogP contribution in [-0.4, -0.2) is 131 Å². The van der Waals surface area contributed by atoms with Crippen LogP contribution in [0, 0.1) is 30.6 Å². The van der Waals surface area contributed by atoms with E-state index in [0.29, 0.717) is 26.2 Å². The number of fused-ring (bicyclic) bond motifs is 14. The van der Waals surface area contributed by atoms with E-state index in [9.17, 15) is 39.3 Å². The number of benzene rings is 1. The minimum atomic E-state index is -2.09. The quantitative estimate of drug-likeness (QED) is 0.254. The van der Waals surface area contributed by atoms with Crippen LogP contribution in [-0.2, 0) is 23.8 Å². The number of hydrazone groups is 1.